The highest BCUT2D eigenvalue weighted by molar-refractivity contribution is 7.89. The van der Waals surface area contributed by atoms with E-state index in [4.69, 9.17) is 16.7 Å². The number of nitrogens with two attached hydrogens (primary N) is 1. The molecule has 11 heteroatoms. The van der Waals surface area contributed by atoms with Gasteiger partial charge in [0.05, 0.1) is 9.79 Å². The Morgan fingerprint density at radius 3 is 1.97 bits per heavy atom. The molecule has 0 fully saturated rings. The van der Waals surface area contributed by atoms with Gasteiger partial charge in [0.1, 0.15) is 6.04 Å². The first-order chi connectivity index (χ1) is 15.0. The van der Waals surface area contributed by atoms with Crippen LogP contribution in [-0.4, -0.2) is 28.8 Å². The molecule has 0 saturated heterocycles. The summed E-state index contributed by atoms with van der Waals surface area (Å²) in [6.07, 6.45) is 0.0920. The van der Waals surface area contributed by atoms with Crippen LogP contribution in [0.5, 0.6) is 0 Å². The minimum Gasteiger partial charge on any atom is -0.325 e. The number of anilines is 1. The summed E-state index contributed by atoms with van der Waals surface area (Å²) in [6.45, 7) is 0. The topological polar surface area (TPSA) is 135 Å². The third-order valence-electron chi connectivity index (χ3n) is 4.47. The van der Waals surface area contributed by atoms with Crippen LogP contribution in [0.2, 0.25) is 5.02 Å². The van der Waals surface area contributed by atoms with Crippen LogP contribution in [0.4, 0.5) is 5.69 Å². The number of primary sulfonamides is 1. The van der Waals surface area contributed by atoms with E-state index < -0.39 is 32.0 Å². The SMILES string of the molecule is NS(=O)(=O)c1ccc(NC(=O)[C@H](Cc2ccccc2)NS(=O)(=O)c2ccc(Cl)cc2)cc1. The van der Waals surface area contributed by atoms with Gasteiger partial charge in [0.25, 0.3) is 0 Å². The lowest BCUT2D eigenvalue weighted by molar-refractivity contribution is -0.117. The Hall–Kier alpha value is -2.76. The smallest absolute Gasteiger partial charge is 0.242 e. The molecule has 0 saturated carbocycles. The van der Waals surface area contributed by atoms with Gasteiger partial charge in [0.2, 0.25) is 26.0 Å². The Labute approximate surface area is 191 Å². The van der Waals surface area contributed by atoms with Gasteiger partial charge in [-0.15, -0.1) is 0 Å². The second-order valence-electron chi connectivity index (χ2n) is 6.88. The number of amides is 1. The molecule has 1 amide bonds. The van der Waals surface area contributed by atoms with Gasteiger partial charge >= 0.3 is 0 Å². The molecule has 0 unspecified atom stereocenters. The molecule has 0 aliphatic rings. The molecule has 0 aliphatic heterocycles. The average molecular weight is 494 g/mol. The number of rotatable bonds is 8. The van der Waals surface area contributed by atoms with Gasteiger partial charge in [-0.25, -0.2) is 22.0 Å². The van der Waals surface area contributed by atoms with E-state index in [2.05, 4.69) is 10.0 Å². The van der Waals surface area contributed by atoms with Gasteiger partial charge in [0, 0.05) is 10.7 Å². The molecule has 32 heavy (non-hydrogen) atoms. The van der Waals surface area contributed by atoms with Crippen molar-refractivity contribution in [1.82, 2.24) is 4.72 Å². The summed E-state index contributed by atoms with van der Waals surface area (Å²) in [5, 5.41) is 8.06. The fourth-order valence-electron chi connectivity index (χ4n) is 2.86. The van der Waals surface area contributed by atoms with Crippen molar-refractivity contribution in [1.29, 1.82) is 0 Å². The lowest BCUT2D eigenvalue weighted by atomic mass is 10.1. The lowest BCUT2D eigenvalue weighted by Crippen LogP contribution is -2.45. The maximum absolute atomic E-state index is 13.0. The van der Waals surface area contributed by atoms with E-state index in [1.165, 1.54) is 48.5 Å². The molecule has 1 atom stereocenters. The first-order valence-electron chi connectivity index (χ1n) is 9.30. The highest BCUT2D eigenvalue weighted by Crippen LogP contribution is 2.17. The van der Waals surface area contributed by atoms with Crippen LogP contribution >= 0.6 is 11.6 Å². The molecule has 3 aromatic rings. The van der Waals surface area contributed by atoms with Crippen LogP contribution in [0.15, 0.2) is 88.7 Å². The van der Waals surface area contributed by atoms with Crippen molar-refractivity contribution in [2.75, 3.05) is 5.32 Å². The highest BCUT2D eigenvalue weighted by atomic mass is 35.5. The maximum atomic E-state index is 13.0. The number of hydrogen-bond donors (Lipinski definition) is 3. The summed E-state index contributed by atoms with van der Waals surface area (Å²) in [7, 11) is -7.90. The lowest BCUT2D eigenvalue weighted by Gasteiger charge is -2.19. The molecule has 0 heterocycles. The Morgan fingerprint density at radius 1 is 0.844 bits per heavy atom. The predicted molar refractivity (Wildman–Crippen MR) is 122 cm³/mol. The summed E-state index contributed by atoms with van der Waals surface area (Å²) >= 11 is 5.83. The van der Waals surface area contributed by atoms with E-state index >= 15 is 0 Å². The average Bonchev–Trinajstić information content (AvgIpc) is 2.74. The van der Waals surface area contributed by atoms with Crippen LogP contribution in [0.3, 0.4) is 0 Å². The van der Waals surface area contributed by atoms with Crippen LogP contribution in [0.1, 0.15) is 5.56 Å². The zero-order valence-corrected chi connectivity index (χ0v) is 19.0. The third-order valence-corrected chi connectivity index (χ3v) is 7.14. The van der Waals surface area contributed by atoms with E-state index in [0.29, 0.717) is 5.02 Å². The first kappa shape index (κ1) is 23.9. The predicted octanol–water partition coefficient (Wildman–Crippen LogP) is 2.52. The van der Waals surface area contributed by atoms with Crippen molar-refractivity contribution < 1.29 is 21.6 Å². The van der Waals surface area contributed by atoms with E-state index in [1.807, 2.05) is 6.07 Å². The molecule has 0 bridgehead atoms. The molecule has 4 N–H and O–H groups in total. The van der Waals surface area contributed by atoms with Gasteiger partial charge in [-0.3, -0.25) is 4.79 Å². The quantitative estimate of drug-likeness (QED) is 0.443. The van der Waals surface area contributed by atoms with Crippen molar-refractivity contribution in [2.24, 2.45) is 5.14 Å². The van der Waals surface area contributed by atoms with E-state index in [1.54, 1.807) is 24.3 Å². The Kier molecular flexibility index (Phi) is 7.32. The molecular formula is C21H20ClN3O5S2. The summed E-state index contributed by atoms with van der Waals surface area (Å²) in [6, 6.07) is 18.6. The molecule has 168 valence electrons. The van der Waals surface area contributed by atoms with Gasteiger partial charge < -0.3 is 5.32 Å². The summed E-state index contributed by atoms with van der Waals surface area (Å²) in [5.74, 6) is -0.616. The summed E-state index contributed by atoms with van der Waals surface area (Å²) in [5.41, 5.74) is 1.03. The van der Waals surface area contributed by atoms with E-state index in [0.717, 1.165) is 5.56 Å². The monoisotopic (exact) mass is 493 g/mol. The standard InChI is InChI=1S/C21H20ClN3O5S2/c22-16-6-10-19(11-7-16)32(29,30)25-20(14-15-4-2-1-3-5-15)21(26)24-17-8-12-18(13-9-17)31(23,27)28/h1-13,20,25H,14H2,(H,24,26)(H2,23,27,28)/t20-/m0/s1. The van der Waals surface area contributed by atoms with Crippen molar-refractivity contribution in [2.45, 2.75) is 22.3 Å². The zero-order valence-electron chi connectivity index (χ0n) is 16.6. The number of carbonyl (C=O) groups is 1. The second-order valence-corrected chi connectivity index (χ2v) is 10.6. The molecule has 3 rings (SSSR count). The summed E-state index contributed by atoms with van der Waals surface area (Å²) < 4.78 is 50.9. The number of nitrogens with one attached hydrogen (secondary N) is 2. The summed E-state index contributed by atoms with van der Waals surface area (Å²) in [4.78, 5) is 12.8. The van der Waals surface area contributed by atoms with Crippen LogP contribution in [0.25, 0.3) is 0 Å². The number of carbonyl (C=O) groups excluding carboxylic acids is 1. The van der Waals surface area contributed by atoms with Gasteiger partial charge in [0.15, 0.2) is 0 Å². The molecular weight excluding hydrogens is 474 g/mol. The number of benzene rings is 3. The van der Waals surface area contributed by atoms with Crippen LogP contribution < -0.4 is 15.2 Å². The molecule has 8 nitrogen and oxygen atoms in total. The van der Waals surface area contributed by atoms with Gasteiger partial charge in [-0.1, -0.05) is 41.9 Å². The van der Waals surface area contributed by atoms with Crippen LogP contribution in [0, 0.1) is 0 Å². The number of sulfonamides is 2. The maximum Gasteiger partial charge on any atom is 0.242 e. The molecule has 3 aromatic carbocycles. The molecule has 0 aliphatic carbocycles. The molecule has 0 radical (unpaired) electrons. The zero-order chi connectivity index (χ0) is 23.4. The van der Waals surface area contributed by atoms with Crippen LogP contribution in [-0.2, 0) is 31.3 Å². The van der Waals surface area contributed by atoms with Crippen molar-refractivity contribution in [3.05, 3.63) is 89.4 Å². The van der Waals surface area contributed by atoms with Crippen molar-refractivity contribution >= 4 is 43.2 Å². The Bertz CT molecular complexity index is 1300. The minimum atomic E-state index is -4.03. The van der Waals surface area contributed by atoms with Crippen molar-refractivity contribution in [3.8, 4) is 0 Å². The largest absolute Gasteiger partial charge is 0.325 e. The fraction of sp³-hybridized carbons (Fsp3) is 0.0952. The minimum absolute atomic E-state index is 0.0368. The van der Waals surface area contributed by atoms with Crippen molar-refractivity contribution in [3.63, 3.8) is 0 Å². The number of hydrogen-bond acceptors (Lipinski definition) is 5. The third kappa shape index (κ3) is 6.38. The first-order valence-corrected chi connectivity index (χ1v) is 12.7. The molecule has 0 spiro atoms. The highest BCUT2D eigenvalue weighted by Gasteiger charge is 2.26. The van der Waals surface area contributed by atoms with Gasteiger partial charge in [-0.05, 0) is 60.5 Å². The fourth-order valence-corrected chi connectivity index (χ4v) is 4.70. The van der Waals surface area contributed by atoms with Gasteiger partial charge in [-0.2, -0.15) is 4.72 Å². The Balaban J connectivity index is 1.85. The van der Waals surface area contributed by atoms with E-state index in [-0.39, 0.29) is 21.9 Å². The Morgan fingerprint density at radius 2 is 1.41 bits per heavy atom. The molecule has 0 aromatic heterocycles. The second kappa shape index (κ2) is 9.80. The number of halogens is 1. The van der Waals surface area contributed by atoms with E-state index in [9.17, 15) is 21.6 Å². The normalized spacial score (nSPS) is 12.8.